The molecule has 2 N–H and O–H groups in total. The third-order valence-corrected chi connectivity index (χ3v) is 5.41. The van der Waals surface area contributed by atoms with Gasteiger partial charge in [-0.05, 0) is 69.3 Å². The monoisotopic (exact) mass is 400 g/mol. The number of rotatable bonds is 6. The van der Waals surface area contributed by atoms with Gasteiger partial charge in [0.05, 0.1) is 4.90 Å². The highest BCUT2D eigenvalue weighted by Crippen LogP contribution is 2.19. The Labute approximate surface area is 163 Å². The van der Waals surface area contributed by atoms with E-state index in [-0.39, 0.29) is 16.8 Å². The molecule has 1 heterocycles. The summed E-state index contributed by atoms with van der Waals surface area (Å²) in [5.74, 6) is 0.603. The molecule has 3 rings (SSSR count). The Hall–Kier alpha value is -3.04. The number of aryl methyl sites for hydroxylation is 1. The lowest BCUT2D eigenvalue weighted by molar-refractivity contribution is 0.102. The van der Waals surface area contributed by atoms with Crippen LogP contribution in [0.3, 0.4) is 0 Å². The third-order valence-electron chi connectivity index (χ3n) is 3.73. The number of aromatic nitrogens is 2. The summed E-state index contributed by atoms with van der Waals surface area (Å²) >= 11 is 0. The predicted molar refractivity (Wildman–Crippen MR) is 104 cm³/mol. The zero-order valence-electron chi connectivity index (χ0n) is 15.6. The van der Waals surface area contributed by atoms with E-state index < -0.39 is 10.0 Å². The highest BCUT2D eigenvalue weighted by atomic mass is 32.2. The highest BCUT2D eigenvalue weighted by molar-refractivity contribution is 7.89. The zero-order valence-corrected chi connectivity index (χ0v) is 16.4. The number of carbonyl (C=O) groups is 1. The van der Waals surface area contributed by atoms with Gasteiger partial charge in [0.1, 0.15) is 0 Å². The van der Waals surface area contributed by atoms with E-state index in [1.54, 1.807) is 57.2 Å². The molecule has 0 aliphatic heterocycles. The number of carbonyl (C=O) groups excluding carboxylic acids is 1. The first-order valence-corrected chi connectivity index (χ1v) is 10.1. The van der Waals surface area contributed by atoms with Crippen molar-refractivity contribution in [3.8, 4) is 11.5 Å². The molecule has 0 spiro atoms. The van der Waals surface area contributed by atoms with Gasteiger partial charge < -0.3 is 9.84 Å². The van der Waals surface area contributed by atoms with Gasteiger partial charge in [-0.25, -0.2) is 13.1 Å². The second-order valence-corrected chi connectivity index (χ2v) is 8.19. The van der Waals surface area contributed by atoms with Crippen molar-refractivity contribution in [2.45, 2.75) is 31.7 Å². The van der Waals surface area contributed by atoms with Gasteiger partial charge in [-0.15, -0.1) is 0 Å². The van der Waals surface area contributed by atoms with Gasteiger partial charge in [0.15, 0.2) is 5.82 Å². The molecule has 1 amide bonds. The summed E-state index contributed by atoms with van der Waals surface area (Å²) in [5.41, 5.74) is 1.65. The molecule has 0 aliphatic rings. The van der Waals surface area contributed by atoms with Gasteiger partial charge in [-0.3, -0.25) is 4.79 Å². The average Bonchev–Trinajstić information content (AvgIpc) is 3.07. The number of anilines is 1. The summed E-state index contributed by atoms with van der Waals surface area (Å²) in [4.78, 5) is 16.7. The standard InChI is InChI=1S/C19H20N4O4S/c1-12(2)23-28(25,26)17-10-8-16(9-11-17)21-18(24)14-4-6-15(7-5-14)19-20-13(3)22-27-19/h4-12,23H,1-3H3,(H,21,24). The van der Waals surface area contributed by atoms with Crippen molar-refractivity contribution >= 4 is 21.6 Å². The Bertz CT molecular complexity index is 1070. The summed E-state index contributed by atoms with van der Waals surface area (Å²) in [6.07, 6.45) is 0. The lowest BCUT2D eigenvalue weighted by Crippen LogP contribution is -2.30. The van der Waals surface area contributed by atoms with Crippen molar-refractivity contribution in [2.24, 2.45) is 0 Å². The number of nitrogens with zero attached hydrogens (tertiary/aromatic N) is 2. The Balaban J connectivity index is 1.69. The molecule has 0 aliphatic carbocycles. The van der Waals surface area contributed by atoms with Crippen molar-refractivity contribution in [3.63, 3.8) is 0 Å². The van der Waals surface area contributed by atoms with Crippen molar-refractivity contribution in [2.75, 3.05) is 5.32 Å². The summed E-state index contributed by atoms with van der Waals surface area (Å²) < 4.78 is 31.9. The van der Waals surface area contributed by atoms with Gasteiger partial charge in [-0.2, -0.15) is 4.98 Å². The van der Waals surface area contributed by atoms with Crippen LogP contribution in [0.1, 0.15) is 30.0 Å². The third kappa shape index (κ3) is 4.62. The lowest BCUT2D eigenvalue weighted by atomic mass is 10.1. The van der Waals surface area contributed by atoms with Crippen molar-refractivity contribution in [1.29, 1.82) is 0 Å². The van der Waals surface area contributed by atoms with E-state index in [2.05, 4.69) is 20.2 Å². The summed E-state index contributed by atoms with van der Waals surface area (Å²) in [5, 5.41) is 6.47. The van der Waals surface area contributed by atoms with E-state index in [4.69, 9.17) is 4.52 Å². The Morgan fingerprint density at radius 1 is 1.04 bits per heavy atom. The SMILES string of the molecule is Cc1noc(-c2ccc(C(=O)Nc3ccc(S(=O)(=O)NC(C)C)cc3)cc2)n1. The van der Waals surface area contributed by atoms with E-state index in [1.165, 1.54) is 12.1 Å². The molecule has 28 heavy (non-hydrogen) atoms. The van der Waals surface area contributed by atoms with Crippen LogP contribution in [0, 0.1) is 6.92 Å². The molecule has 0 radical (unpaired) electrons. The van der Waals surface area contributed by atoms with Crippen LogP contribution in [-0.4, -0.2) is 30.5 Å². The minimum Gasteiger partial charge on any atom is -0.334 e. The quantitative estimate of drug-likeness (QED) is 0.657. The van der Waals surface area contributed by atoms with Gasteiger partial charge in [0.25, 0.3) is 11.8 Å². The fourth-order valence-corrected chi connectivity index (χ4v) is 3.73. The maximum absolute atomic E-state index is 12.4. The number of amides is 1. The Morgan fingerprint density at radius 2 is 1.68 bits per heavy atom. The topological polar surface area (TPSA) is 114 Å². The van der Waals surface area contributed by atoms with E-state index >= 15 is 0 Å². The number of nitrogens with one attached hydrogen (secondary N) is 2. The lowest BCUT2D eigenvalue weighted by Gasteiger charge is -2.10. The summed E-state index contributed by atoms with van der Waals surface area (Å²) in [6.45, 7) is 5.22. The first-order chi connectivity index (χ1) is 13.2. The van der Waals surface area contributed by atoms with Crippen molar-refractivity contribution < 1.29 is 17.7 Å². The summed E-state index contributed by atoms with van der Waals surface area (Å²) in [7, 11) is -3.57. The van der Waals surface area contributed by atoms with Crippen LogP contribution in [0.4, 0.5) is 5.69 Å². The van der Waals surface area contributed by atoms with Crippen LogP contribution in [0.2, 0.25) is 0 Å². The number of hydrogen-bond donors (Lipinski definition) is 2. The van der Waals surface area contributed by atoms with E-state index in [9.17, 15) is 13.2 Å². The number of hydrogen-bond acceptors (Lipinski definition) is 6. The molecule has 1 aromatic heterocycles. The normalized spacial score (nSPS) is 11.6. The fourth-order valence-electron chi connectivity index (χ4n) is 2.48. The average molecular weight is 400 g/mol. The van der Waals surface area contributed by atoms with Crippen LogP contribution >= 0.6 is 0 Å². The molecule has 0 bridgehead atoms. The maximum atomic E-state index is 12.4. The molecule has 0 fully saturated rings. The maximum Gasteiger partial charge on any atom is 0.257 e. The fraction of sp³-hybridized carbons (Fsp3) is 0.211. The molecule has 146 valence electrons. The van der Waals surface area contributed by atoms with Gasteiger partial charge in [0, 0.05) is 22.9 Å². The Kier molecular flexibility index (Phi) is 5.57. The largest absolute Gasteiger partial charge is 0.334 e. The van der Waals surface area contributed by atoms with Crippen LogP contribution in [0.5, 0.6) is 0 Å². The second-order valence-electron chi connectivity index (χ2n) is 6.48. The van der Waals surface area contributed by atoms with Crippen LogP contribution < -0.4 is 10.0 Å². The molecule has 2 aromatic carbocycles. The predicted octanol–water partition coefficient (Wildman–Crippen LogP) is 2.98. The molecule has 0 atom stereocenters. The highest BCUT2D eigenvalue weighted by Gasteiger charge is 2.15. The van der Waals surface area contributed by atoms with Gasteiger partial charge in [0.2, 0.25) is 10.0 Å². The number of benzene rings is 2. The molecule has 0 saturated heterocycles. The van der Waals surface area contributed by atoms with E-state index in [0.29, 0.717) is 28.5 Å². The van der Waals surface area contributed by atoms with Crippen molar-refractivity contribution in [1.82, 2.24) is 14.9 Å². The summed E-state index contributed by atoms with van der Waals surface area (Å²) in [6, 6.07) is 12.5. The first kappa shape index (κ1) is 19.7. The van der Waals surface area contributed by atoms with E-state index in [0.717, 1.165) is 0 Å². The van der Waals surface area contributed by atoms with Crippen LogP contribution in [0.25, 0.3) is 11.5 Å². The molecular weight excluding hydrogens is 380 g/mol. The molecule has 3 aromatic rings. The minimum absolute atomic E-state index is 0.137. The van der Waals surface area contributed by atoms with E-state index in [1.807, 2.05) is 0 Å². The molecule has 9 heteroatoms. The van der Waals surface area contributed by atoms with Crippen LogP contribution in [-0.2, 0) is 10.0 Å². The molecule has 0 unspecified atom stereocenters. The Morgan fingerprint density at radius 3 is 2.21 bits per heavy atom. The van der Waals surface area contributed by atoms with Gasteiger partial charge in [-0.1, -0.05) is 5.16 Å². The molecule has 0 saturated carbocycles. The second kappa shape index (κ2) is 7.91. The smallest absolute Gasteiger partial charge is 0.257 e. The zero-order chi connectivity index (χ0) is 20.3. The molecular formula is C19H20N4O4S. The van der Waals surface area contributed by atoms with Gasteiger partial charge >= 0.3 is 0 Å². The van der Waals surface area contributed by atoms with Crippen molar-refractivity contribution in [3.05, 3.63) is 59.9 Å². The minimum atomic E-state index is -3.57. The van der Waals surface area contributed by atoms with Crippen LogP contribution in [0.15, 0.2) is 57.9 Å². The number of sulfonamides is 1. The molecule has 8 nitrogen and oxygen atoms in total. The first-order valence-electron chi connectivity index (χ1n) is 8.59.